The van der Waals surface area contributed by atoms with Gasteiger partial charge in [0.1, 0.15) is 24.1 Å². The third-order valence-electron chi connectivity index (χ3n) is 5.42. The minimum Gasteiger partial charge on any atom is -0.508 e. The van der Waals surface area contributed by atoms with Crippen molar-refractivity contribution in [3.05, 3.63) is 66.1 Å². The molecule has 0 spiro atoms. The zero-order valence-corrected chi connectivity index (χ0v) is 19.0. The van der Waals surface area contributed by atoms with Gasteiger partial charge in [-0.3, -0.25) is 0 Å². The summed E-state index contributed by atoms with van der Waals surface area (Å²) in [7, 11) is -1.13. The second-order valence-electron chi connectivity index (χ2n) is 9.17. The van der Waals surface area contributed by atoms with Gasteiger partial charge in [0.15, 0.2) is 0 Å². The number of phenols is 1. The van der Waals surface area contributed by atoms with E-state index in [1.54, 1.807) is 12.1 Å². The highest BCUT2D eigenvalue weighted by atomic mass is 28.3. The van der Waals surface area contributed by atoms with Crippen LogP contribution < -0.4 is 4.74 Å². The molecule has 1 unspecified atom stereocenters. The molecule has 2 aromatic carbocycles. The van der Waals surface area contributed by atoms with Gasteiger partial charge in [-0.2, -0.15) is 0 Å². The molecule has 30 heavy (non-hydrogen) atoms. The van der Waals surface area contributed by atoms with Crippen molar-refractivity contribution in [3.63, 3.8) is 0 Å². The van der Waals surface area contributed by atoms with Gasteiger partial charge in [0.2, 0.25) is 0 Å². The number of ether oxygens (including phenoxy) is 2. The first-order valence-electron chi connectivity index (χ1n) is 10.5. The van der Waals surface area contributed by atoms with Gasteiger partial charge in [0.05, 0.1) is 18.2 Å². The Balaban J connectivity index is 1.58. The lowest BCUT2D eigenvalue weighted by molar-refractivity contribution is 0.0830. The molecule has 5 nitrogen and oxygen atoms in total. The first-order chi connectivity index (χ1) is 14.4. The monoisotopic (exact) mass is 422 g/mol. The fourth-order valence-corrected chi connectivity index (χ4v) is 4.45. The van der Waals surface area contributed by atoms with Crippen molar-refractivity contribution in [2.75, 3.05) is 13.2 Å². The smallest absolute Gasteiger partial charge is 0.124 e. The van der Waals surface area contributed by atoms with E-state index in [1.807, 2.05) is 24.3 Å². The van der Waals surface area contributed by atoms with Gasteiger partial charge >= 0.3 is 0 Å². The van der Waals surface area contributed by atoms with Crippen molar-refractivity contribution in [3.8, 4) is 22.8 Å². The summed E-state index contributed by atoms with van der Waals surface area (Å²) in [5, 5.41) is 9.87. The maximum absolute atomic E-state index is 9.87. The van der Waals surface area contributed by atoms with Gasteiger partial charge in [-0.25, -0.2) is 4.98 Å². The van der Waals surface area contributed by atoms with Crippen LogP contribution in [0.2, 0.25) is 25.7 Å². The van der Waals surface area contributed by atoms with Crippen LogP contribution in [0.15, 0.2) is 54.7 Å². The number of fused-ring (bicyclic) bond motifs is 1. The predicted molar refractivity (Wildman–Crippen MR) is 122 cm³/mol. The zero-order valence-electron chi connectivity index (χ0n) is 18.0. The quantitative estimate of drug-likeness (QED) is 0.415. The molecule has 0 bridgehead atoms. The molecule has 1 atom stereocenters. The van der Waals surface area contributed by atoms with E-state index in [9.17, 15) is 5.11 Å². The number of hydrogen-bond acceptors (Lipinski definition) is 4. The number of rotatable bonds is 7. The topological polar surface area (TPSA) is 56.5 Å². The molecule has 0 saturated carbocycles. The molecule has 0 radical (unpaired) electrons. The third kappa shape index (κ3) is 4.94. The van der Waals surface area contributed by atoms with Crippen LogP contribution in [0.5, 0.6) is 11.5 Å². The standard InChI is InChI=1S/C24H30N2O3Si/c1-30(2,3)12-11-28-17-26-15-22(18-7-5-4-6-8-18)25-24(26)20-13-19-14-21(27)9-10-23(19)29-16-20/h4-10,14-15,20,27H,11-13,16-17H2,1-3H3. The molecule has 6 heteroatoms. The number of nitrogens with zero attached hydrogens (tertiary/aromatic N) is 2. The largest absolute Gasteiger partial charge is 0.508 e. The van der Waals surface area contributed by atoms with Crippen LogP contribution in [0.1, 0.15) is 17.3 Å². The molecule has 0 aliphatic carbocycles. The number of phenolic OH excluding ortho intramolecular Hbond substituents is 1. The molecule has 1 aliphatic rings. The predicted octanol–water partition coefficient (Wildman–Crippen LogP) is 5.29. The summed E-state index contributed by atoms with van der Waals surface area (Å²) >= 11 is 0. The van der Waals surface area contributed by atoms with Crippen LogP contribution in [0, 0.1) is 0 Å². The lowest BCUT2D eigenvalue weighted by Crippen LogP contribution is -2.24. The average molecular weight is 423 g/mol. The molecule has 3 aromatic rings. The number of aromatic hydroxyl groups is 1. The number of imidazole rings is 1. The Labute approximate surface area is 179 Å². The van der Waals surface area contributed by atoms with Gasteiger partial charge in [0, 0.05) is 26.4 Å². The summed E-state index contributed by atoms with van der Waals surface area (Å²) in [6, 6.07) is 16.7. The fraction of sp³-hybridized carbons (Fsp3) is 0.375. The molecular weight excluding hydrogens is 392 g/mol. The molecule has 0 saturated heterocycles. The molecule has 1 aromatic heterocycles. The Hall–Kier alpha value is -2.57. The average Bonchev–Trinajstić information content (AvgIpc) is 3.15. The molecule has 0 fully saturated rings. The second kappa shape index (κ2) is 8.66. The maximum atomic E-state index is 9.87. The summed E-state index contributed by atoms with van der Waals surface area (Å²) in [5.41, 5.74) is 3.05. The van der Waals surface area contributed by atoms with Crippen molar-refractivity contribution < 1.29 is 14.6 Å². The van der Waals surface area contributed by atoms with Gasteiger partial charge in [-0.05, 0) is 36.2 Å². The lowest BCUT2D eigenvalue weighted by Gasteiger charge is -2.25. The van der Waals surface area contributed by atoms with Crippen molar-refractivity contribution in [2.24, 2.45) is 0 Å². The second-order valence-corrected chi connectivity index (χ2v) is 14.8. The Bertz CT molecular complexity index is 995. The van der Waals surface area contributed by atoms with Crippen molar-refractivity contribution in [1.82, 2.24) is 9.55 Å². The summed E-state index contributed by atoms with van der Waals surface area (Å²) < 4.78 is 14.1. The Morgan fingerprint density at radius 1 is 1.17 bits per heavy atom. The normalized spacial score (nSPS) is 16.2. The highest BCUT2D eigenvalue weighted by molar-refractivity contribution is 6.76. The third-order valence-corrected chi connectivity index (χ3v) is 7.12. The van der Waals surface area contributed by atoms with E-state index in [1.165, 1.54) is 0 Å². The summed E-state index contributed by atoms with van der Waals surface area (Å²) in [6.07, 6.45) is 2.86. The van der Waals surface area contributed by atoms with Crippen LogP contribution in [0.25, 0.3) is 11.3 Å². The van der Waals surface area contributed by atoms with E-state index in [0.29, 0.717) is 13.3 Å². The van der Waals surface area contributed by atoms with E-state index in [-0.39, 0.29) is 11.7 Å². The fourth-order valence-electron chi connectivity index (χ4n) is 3.70. The van der Waals surface area contributed by atoms with Crippen LogP contribution in [0.4, 0.5) is 0 Å². The van der Waals surface area contributed by atoms with Crippen LogP contribution in [-0.2, 0) is 17.9 Å². The van der Waals surface area contributed by atoms with E-state index in [4.69, 9.17) is 14.5 Å². The van der Waals surface area contributed by atoms with E-state index in [0.717, 1.165) is 47.5 Å². The maximum Gasteiger partial charge on any atom is 0.124 e. The molecular formula is C24H30N2O3Si. The first-order valence-corrected chi connectivity index (χ1v) is 14.2. The van der Waals surface area contributed by atoms with Gasteiger partial charge in [0.25, 0.3) is 0 Å². The number of hydrogen-bond donors (Lipinski definition) is 1. The molecule has 2 heterocycles. The first kappa shape index (κ1) is 20.7. The van der Waals surface area contributed by atoms with E-state index in [2.05, 4.69) is 42.5 Å². The van der Waals surface area contributed by atoms with Crippen LogP contribution in [0.3, 0.4) is 0 Å². The highest BCUT2D eigenvalue weighted by Gasteiger charge is 2.26. The molecule has 158 valence electrons. The zero-order chi connectivity index (χ0) is 21.1. The molecule has 1 N–H and O–H groups in total. The summed E-state index contributed by atoms with van der Waals surface area (Å²) in [4.78, 5) is 4.98. The SMILES string of the molecule is C[Si](C)(C)CCOCn1cc(-c2ccccc2)nc1C1COc2ccc(O)cc2C1. The Morgan fingerprint density at radius 2 is 1.97 bits per heavy atom. The molecule has 0 amide bonds. The summed E-state index contributed by atoms with van der Waals surface area (Å²) in [5.74, 6) is 2.19. The van der Waals surface area contributed by atoms with Crippen LogP contribution >= 0.6 is 0 Å². The summed E-state index contributed by atoms with van der Waals surface area (Å²) in [6.45, 7) is 8.91. The van der Waals surface area contributed by atoms with Crippen molar-refractivity contribution in [2.45, 2.75) is 44.8 Å². The lowest BCUT2D eigenvalue weighted by atomic mass is 9.96. The minimum absolute atomic E-state index is 0.109. The Morgan fingerprint density at radius 3 is 2.73 bits per heavy atom. The van der Waals surface area contributed by atoms with Gasteiger partial charge in [-0.1, -0.05) is 50.0 Å². The van der Waals surface area contributed by atoms with E-state index < -0.39 is 8.07 Å². The number of benzene rings is 2. The van der Waals surface area contributed by atoms with Crippen LogP contribution in [-0.4, -0.2) is 35.9 Å². The van der Waals surface area contributed by atoms with Gasteiger partial charge < -0.3 is 19.1 Å². The number of aromatic nitrogens is 2. The molecule has 1 aliphatic heterocycles. The Kier molecular flexibility index (Phi) is 5.97. The van der Waals surface area contributed by atoms with Gasteiger partial charge in [-0.15, -0.1) is 0 Å². The molecule has 4 rings (SSSR count). The minimum atomic E-state index is -1.13. The van der Waals surface area contributed by atoms with E-state index >= 15 is 0 Å². The van der Waals surface area contributed by atoms with Crippen molar-refractivity contribution >= 4 is 8.07 Å². The highest BCUT2D eigenvalue weighted by Crippen LogP contribution is 2.35. The van der Waals surface area contributed by atoms with Crippen molar-refractivity contribution in [1.29, 1.82) is 0 Å².